The molecule has 3 aromatic rings. The minimum Gasteiger partial charge on any atom is -0.383 e. The lowest BCUT2D eigenvalue weighted by Gasteiger charge is -2.23. The molecule has 9 nitrogen and oxygen atoms in total. The summed E-state index contributed by atoms with van der Waals surface area (Å²) in [6.45, 7) is 0.284. The molecular weight excluding hydrogens is 422 g/mol. The number of para-hydroxylation sites is 1. The van der Waals surface area contributed by atoms with Crippen molar-refractivity contribution in [1.82, 2.24) is 4.98 Å². The Morgan fingerprint density at radius 1 is 1.12 bits per heavy atom. The molecular formula is C24H20N5O4+. The molecule has 1 unspecified atom stereocenters. The van der Waals surface area contributed by atoms with Gasteiger partial charge in [-0.1, -0.05) is 36.1 Å². The van der Waals surface area contributed by atoms with Gasteiger partial charge in [-0.2, -0.15) is 0 Å². The average molecular weight is 442 g/mol. The van der Waals surface area contributed by atoms with Crippen LogP contribution in [0, 0.1) is 11.8 Å². The number of quaternary nitrogens is 1. The highest BCUT2D eigenvalue weighted by molar-refractivity contribution is 5.99. The Labute approximate surface area is 189 Å². The largest absolute Gasteiger partial charge is 0.475 e. The van der Waals surface area contributed by atoms with Crippen LogP contribution in [0.4, 0.5) is 26.8 Å². The number of carbonyl (C=O) groups excluding carboxylic acids is 3. The van der Waals surface area contributed by atoms with Crippen LogP contribution in [-0.4, -0.2) is 41.3 Å². The van der Waals surface area contributed by atoms with Crippen LogP contribution < -0.4 is 16.0 Å². The Balaban J connectivity index is 1.56. The van der Waals surface area contributed by atoms with Gasteiger partial charge in [-0.3, -0.25) is 15.1 Å². The summed E-state index contributed by atoms with van der Waals surface area (Å²) in [5.41, 5.74) is 8.00. The van der Waals surface area contributed by atoms with Crippen LogP contribution in [0.5, 0.6) is 0 Å². The molecule has 9 heteroatoms. The van der Waals surface area contributed by atoms with Crippen molar-refractivity contribution < 1.29 is 23.9 Å². The van der Waals surface area contributed by atoms with Gasteiger partial charge in [0.05, 0.1) is 12.1 Å². The van der Waals surface area contributed by atoms with Gasteiger partial charge in [-0.15, -0.1) is 0 Å². The summed E-state index contributed by atoms with van der Waals surface area (Å²) in [5, 5.41) is 2.66. The first-order valence-corrected chi connectivity index (χ1v) is 10.0. The number of nitrogen functional groups attached to an aromatic ring is 1. The minimum absolute atomic E-state index is 0.0297. The molecule has 1 fully saturated rings. The van der Waals surface area contributed by atoms with Crippen molar-refractivity contribution in [2.24, 2.45) is 0 Å². The number of hydroxylamine groups is 3. The van der Waals surface area contributed by atoms with Gasteiger partial charge in [0.25, 0.3) is 0 Å². The second kappa shape index (κ2) is 9.21. The molecule has 164 valence electrons. The van der Waals surface area contributed by atoms with E-state index in [1.807, 2.05) is 6.07 Å². The van der Waals surface area contributed by atoms with E-state index in [0.29, 0.717) is 28.3 Å². The fraction of sp³-hybridized carbons (Fsp3) is 0.0833. The highest BCUT2D eigenvalue weighted by Gasteiger charge is 2.57. The zero-order valence-corrected chi connectivity index (χ0v) is 17.5. The molecule has 1 atom stereocenters. The number of nitrogens with two attached hydrogens (primary N) is 1. The number of aromatic nitrogens is 1. The molecule has 1 aliphatic heterocycles. The first-order chi connectivity index (χ1) is 16.0. The quantitative estimate of drug-likeness (QED) is 0.364. The third kappa shape index (κ3) is 4.37. The normalized spacial score (nSPS) is 17.1. The first-order valence-electron chi connectivity index (χ1n) is 10.0. The number of carbonyl (C=O) groups is 3. The number of anilines is 3. The highest BCUT2D eigenvalue weighted by atomic mass is 16.8. The van der Waals surface area contributed by atoms with Gasteiger partial charge < -0.3 is 5.73 Å². The number of benzene rings is 2. The number of imide groups is 1. The van der Waals surface area contributed by atoms with E-state index >= 15 is 0 Å². The lowest BCUT2D eigenvalue weighted by atomic mass is 10.2. The number of pyridine rings is 1. The molecule has 0 aliphatic carbocycles. The summed E-state index contributed by atoms with van der Waals surface area (Å²) < 4.78 is -1.12. The number of amides is 4. The van der Waals surface area contributed by atoms with E-state index in [1.54, 1.807) is 66.9 Å². The monoisotopic (exact) mass is 442 g/mol. The molecule has 1 saturated heterocycles. The Morgan fingerprint density at radius 2 is 1.94 bits per heavy atom. The number of urea groups is 2. The van der Waals surface area contributed by atoms with Crippen LogP contribution in [0.25, 0.3) is 0 Å². The predicted octanol–water partition coefficient (Wildman–Crippen LogP) is 3.14. The molecule has 4 amide bonds. The third-order valence-corrected chi connectivity index (χ3v) is 5.09. The van der Waals surface area contributed by atoms with Gasteiger partial charge in [0.15, 0.2) is 6.54 Å². The molecule has 2 heterocycles. The van der Waals surface area contributed by atoms with Crippen LogP contribution in [0.3, 0.4) is 0 Å². The molecule has 33 heavy (non-hydrogen) atoms. The Kier molecular flexibility index (Phi) is 6.02. The van der Waals surface area contributed by atoms with E-state index in [0.717, 1.165) is 0 Å². The van der Waals surface area contributed by atoms with Crippen LogP contribution in [0.2, 0.25) is 0 Å². The maximum absolute atomic E-state index is 13.1. The van der Waals surface area contributed by atoms with Crippen molar-refractivity contribution in [3.05, 3.63) is 84.1 Å². The lowest BCUT2D eigenvalue weighted by Crippen LogP contribution is -2.57. The van der Waals surface area contributed by atoms with Gasteiger partial charge in [-0.05, 0) is 42.5 Å². The highest BCUT2D eigenvalue weighted by Crippen LogP contribution is 2.27. The number of hydrogen-bond acceptors (Lipinski definition) is 6. The number of hydrogen-bond donors (Lipinski definition) is 2. The van der Waals surface area contributed by atoms with E-state index in [9.17, 15) is 14.4 Å². The van der Waals surface area contributed by atoms with E-state index < -0.39 is 16.7 Å². The van der Waals surface area contributed by atoms with Crippen LogP contribution in [0.15, 0.2) is 72.9 Å². The second-order valence-electron chi connectivity index (χ2n) is 7.13. The fourth-order valence-electron chi connectivity index (χ4n) is 3.43. The smallest absolute Gasteiger partial charge is 0.383 e. The lowest BCUT2D eigenvalue weighted by molar-refractivity contribution is -0.944. The van der Waals surface area contributed by atoms with Crippen LogP contribution in [0.1, 0.15) is 11.1 Å². The molecule has 2 aromatic carbocycles. The van der Waals surface area contributed by atoms with Crippen molar-refractivity contribution in [2.75, 3.05) is 29.0 Å². The number of nitrogens with one attached hydrogen (secondary N) is 1. The fourth-order valence-corrected chi connectivity index (χ4v) is 3.43. The van der Waals surface area contributed by atoms with Gasteiger partial charge in [0, 0.05) is 27.8 Å². The maximum atomic E-state index is 13.1. The maximum Gasteiger partial charge on any atom is 0.475 e. The van der Waals surface area contributed by atoms with E-state index in [-0.39, 0.29) is 19.6 Å². The Hall–Kier alpha value is -4.68. The molecule has 1 aromatic heterocycles. The number of nitrogens with zero attached hydrogens (tertiary/aromatic N) is 3. The first kappa shape index (κ1) is 21.5. The van der Waals surface area contributed by atoms with Crippen molar-refractivity contribution in [2.45, 2.75) is 0 Å². The summed E-state index contributed by atoms with van der Waals surface area (Å²) in [6, 6.07) is 17.7. The second-order valence-corrected chi connectivity index (χ2v) is 7.13. The molecule has 0 bridgehead atoms. The topological polar surface area (TPSA) is 115 Å². The Bertz CT molecular complexity index is 1270. The average Bonchev–Trinajstić information content (AvgIpc) is 3.16. The van der Waals surface area contributed by atoms with Crippen molar-refractivity contribution in [3.8, 4) is 11.8 Å². The number of rotatable bonds is 4. The molecule has 0 radical (unpaired) electrons. The van der Waals surface area contributed by atoms with E-state index in [4.69, 9.17) is 10.6 Å². The summed E-state index contributed by atoms with van der Waals surface area (Å²) in [5.74, 6) is 6.23. The van der Waals surface area contributed by atoms with Gasteiger partial charge >= 0.3 is 18.5 Å². The molecule has 3 N–H and O–H groups in total. The van der Waals surface area contributed by atoms with Gasteiger partial charge in [-0.25, -0.2) is 19.4 Å². The van der Waals surface area contributed by atoms with Crippen LogP contribution >= 0.6 is 0 Å². The third-order valence-electron chi connectivity index (χ3n) is 5.09. The van der Waals surface area contributed by atoms with Crippen molar-refractivity contribution in [1.29, 1.82) is 0 Å². The van der Waals surface area contributed by atoms with Crippen molar-refractivity contribution in [3.63, 3.8) is 0 Å². The van der Waals surface area contributed by atoms with Gasteiger partial charge in [0.2, 0.25) is 0 Å². The van der Waals surface area contributed by atoms with E-state index in [1.165, 1.54) is 4.90 Å². The molecule has 1 aliphatic rings. The molecule has 0 spiro atoms. The summed E-state index contributed by atoms with van der Waals surface area (Å²) in [4.78, 5) is 47.9. The Morgan fingerprint density at radius 3 is 2.70 bits per heavy atom. The minimum atomic E-state index is -1.12. The van der Waals surface area contributed by atoms with E-state index in [2.05, 4.69) is 22.1 Å². The SMILES string of the molecule is Nc1ncccc1C#Cc1cccc(NC(=O)[N+]2(OC=O)CCN(c3ccccc3)C2=O)c1. The zero-order chi connectivity index (χ0) is 23.3. The van der Waals surface area contributed by atoms with Crippen molar-refractivity contribution >= 4 is 35.7 Å². The molecule has 0 saturated carbocycles. The molecule has 4 rings (SSSR count). The summed E-state index contributed by atoms with van der Waals surface area (Å²) in [6.07, 6.45) is 1.58. The standard InChI is InChI=1S/C24H19N5O4/c25-22-19(7-5-13-26-22)12-11-18-6-4-8-20(16-18)27-23(31)29(33-17-30)15-14-28(24(29)32)21-9-2-1-3-10-21/h1-10,13,16-17H,14-15H2,(H2-,25,26,27,31)/p+1. The summed E-state index contributed by atoms with van der Waals surface area (Å²) in [7, 11) is 0. The zero-order valence-electron chi connectivity index (χ0n) is 17.5. The predicted molar refractivity (Wildman–Crippen MR) is 122 cm³/mol. The van der Waals surface area contributed by atoms with Gasteiger partial charge in [0.1, 0.15) is 5.82 Å². The summed E-state index contributed by atoms with van der Waals surface area (Å²) >= 11 is 0. The van der Waals surface area contributed by atoms with Crippen LogP contribution in [-0.2, 0) is 9.63 Å².